The van der Waals surface area contributed by atoms with Crippen molar-refractivity contribution >= 4 is 57.2 Å². The molecule has 0 saturated carbocycles. The van der Waals surface area contributed by atoms with Crippen LogP contribution in [-0.4, -0.2) is 37.5 Å². The standard InChI is InChI=1S/C26H28N6O3S2/c1-4-26(2,3)30-24(34)21(16-9-10-18-15(13-16)7-5-11-29-18)32(14-17-8-6-12-36-17)25(35)22-19(27)20(23(28)33)31-37-22/h5-13,21H,4,14,27H2,1-3H3,(H2,28,33)(H,30,34)/t21-/m1/s1. The molecule has 11 heteroatoms. The molecule has 0 aliphatic heterocycles. The molecule has 192 valence electrons. The fraction of sp³-hybridized carbons (Fsp3) is 0.269. The van der Waals surface area contributed by atoms with Crippen LogP contribution in [0.2, 0.25) is 0 Å². The number of carbonyl (C=O) groups is 3. The van der Waals surface area contributed by atoms with Crippen LogP contribution in [0, 0.1) is 0 Å². The van der Waals surface area contributed by atoms with Gasteiger partial charge in [0.2, 0.25) is 5.91 Å². The van der Waals surface area contributed by atoms with Crippen molar-refractivity contribution in [3.63, 3.8) is 0 Å². The lowest BCUT2D eigenvalue weighted by Gasteiger charge is -2.34. The van der Waals surface area contributed by atoms with Crippen molar-refractivity contribution in [3.05, 3.63) is 75.1 Å². The number of amides is 3. The molecule has 9 nitrogen and oxygen atoms in total. The van der Waals surface area contributed by atoms with Gasteiger partial charge >= 0.3 is 0 Å². The van der Waals surface area contributed by atoms with E-state index >= 15 is 0 Å². The Balaban J connectivity index is 1.87. The lowest BCUT2D eigenvalue weighted by molar-refractivity contribution is -0.127. The SMILES string of the molecule is CCC(C)(C)NC(=O)[C@@H](c1ccc2ncccc2c1)N(Cc1cccs1)C(=O)c1snc(C(N)=O)c1N. The van der Waals surface area contributed by atoms with Crippen LogP contribution in [0.1, 0.15) is 63.8 Å². The number of pyridine rings is 1. The van der Waals surface area contributed by atoms with Crippen LogP contribution < -0.4 is 16.8 Å². The summed E-state index contributed by atoms with van der Waals surface area (Å²) in [5, 5.41) is 5.84. The van der Waals surface area contributed by atoms with Gasteiger partial charge in [0, 0.05) is 22.0 Å². The van der Waals surface area contributed by atoms with E-state index in [2.05, 4.69) is 14.7 Å². The molecular formula is C26H28N6O3S2. The Kier molecular flexibility index (Phi) is 7.55. The van der Waals surface area contributed by atoms with E-state index in [9.17, 15) is 14.4 Å². The van der Waals surface area contributed by atoms with E-state index in [0.717, 1.165) is 27.3 Å². The number of hydrogen-bond donors (Lipinski definition) is 3. The number of benzene rings is 1. The number of nitrogens with two attached hydrogens (primary N) is 2. The van der Waals surface area contributed by atoms with Crippen molar-refractivity contribution in [2.75, 3.05) is 5.73 Å². The van der Waals surface area contributed by atoms with Gasteiger partial charge < -0.3 is 21.7 Å². The second-order valence-corrected chi connectivity index (χ2v) is 11.0. The summed E-state index contributed by atoms with van der Waals surface area (Å²) < 4.78 is 3.99. The summed E-state index contributed by atoms with van der Waals surface area (Å²) in [5.74, 6) is -1.67. The Hall–Kier alpha value is -3.83. The number of anilines is 1. The molecule has 3 amide bonds. The van der Waals surface area contributed by atoms with Gasteiger partial charge in [0.05, 0.1) is 17.7 Å². The summed E-state index contributed by atoms with van der Waals surface area (Å²) >= 11 is 2.26. The van der Waals surface area contributed by atoms with Crippen molar-refractivity contribution in [2.45, 2.75) is 45.3 Å². The molecule has 0 aliphatic carbocycles. The first-order chi connectivity index (χ1) is 17.6. The third-order valence-electron chi connectivity index (χ3n) is 6.17. The Labute approximate surface area is 222 Å². The highest BCUT2D eigenvalue weighted by atomic mass is 32.1. The number of fused-ring (bicyclic) bond motifs is 1. The number of nitrogen functional groups attached to an aromatic ring is 1. The van der Waals surface area contributed by atoms with Gasteiger partial charge in [-0.2, -0.15) is 4.37 Å². The molecule has 5 N–H and O–H groups in total. The summed E-state index contributed by atoms with van der Waals surface area (Å²) in [6.07, 6.45) is 2.39. The lowest BCUT2D eigenvalue weighted by Crippen LogP contribution is -2.50. The van der Waals surface area contributed by atoms with Crippen molar-refractivity contribution in [1.29, 1.82) is 0 Å². The second kappa shape index (κ2) is 10.7. The quantitative estimate of drug-likeness (QED) is 0.293. The number of aromatic nitrogens is 2. The van der Waals surface area contributed by atoms with Crippen LogP contribution in [0.3, 0.4) is 0 Å². The maximum Gasteiger partial charge on any atom is 0.270 e. The minimum atomic E-state index is -0.997. The Morgan fingerprint density at radius 2 is 1.95 bits per heavy atom. The van der Waals surface area contributed by atoms with Crippen LogP contribution in [0.5, 0.6) is 0 Å². The lowest BCUT2D eigenvalue weighted by atomic mass is 9.97. The summed E-state index contributed by atoms with van der Waals surface area (Å²) in [6, 6.07) is 12.0. The normalized spacial score (nSPS) is 12.3. The molecule has 4 aromatic rings. The van der Waals surface area contributed by atoms with Gasteiger partial charge in [-0.25, -0.2) is 0 Å². The third kappa shape index (κ3) is 5.62. The molecule has 3 aromatic heterocycles. The monoisotopic (exact) mass is 536 g/mol. The Morgan fingerprint density at radius 3 is 2.59 bits per heavy atom. The summed E-state index contributed by atoms with van der Waals surface area (Å²) in [4.78, 5) is 46.5. The molecule has 0 spiro atoms. The number of nitrogens with one attached hydrogen (secondary N) is 1. The van der Waals surface area contributed by atoms with Gasteiger partial charge in [-0.05, 0) is 67.0 Å². The van der Waals surface area contributed by atoms with Gasteiger partial charge in [0.25, 0.3) is 11.8 Å². The molecule has 3 heterocycles. The molecule has 0 saturated heterocycles. The van der Waals surface area contributed by atoms with E-state index in [-0.39, 0.29) is 28.7 Å². The molecule has 0 bridgehead atoms. The predicted octanol–water partition coefficient (Wildman–Crippen LogP) is 4.12. The number of carbonyl (C=O) groups excluding carboxylic acids is 3. The number of rotatable bonds is 9. The fourth-order valence-corrected chi connectivity index (χ4v) is 5.30. The smallest absolute Gasteiger partial charge is 0.270 e. The number of thiophene rings is 1. The van der Waals surface area contributed by atoms with Crippen molar-refractivity contribution in [3.8, 4) is 0 Å². The van der Waals surface area contributed by atoms with Gasteiger partial charge in [-0.1, -0.05) is 25.1 Å². The molecule has 0 radical (unpaired) electrons. The number of primary amides is 1. The van der Waals surface area contributed by atoms with E-state index in [1.807, 2.05) is 62.5 Å². The molecule has 37 heavy (non-hydrogen) atoms. The highest BCUT2D eigenvalue weighted by molar-refractivity contribution is 7.10. The van der Waals surface area contributed by atoms with Crippen LogP contribution in [0.15, 0.2) is 54.0 Å². The first kappa shape index (κ1) is 26.2. The average molecular weight is 537 g/mol. The topological polar surface area (TPSA) is 144 Å². The fourth-order valence-electron chi connectivity index (χ4n) is 3.84. The van der Waals surface area contributed by atoms with Crippen molar-refractivity contribution in [2.24, 2.45) is 5.73 Å². The highest BCUT2D eigenvalue weighted by Crippen LogP contribution is 2.32. The molecule has 1 aromatic carbocycles. The zero-order valence-electron chi connectivity index (χ0n) is 20.7. The molecule has 0 fully saturated rings. The number of hydrogen-bond acceptors (Lipinski definition) is 8. The van der Waals surface area contributed by atoms with Crippen molar-refractivity contribution < 1.29 is 14.4 Å². The van der Waals surface area contributed by atoms with Crippen LogP contribution >= 0.6 is 22.9 Å². The molecular weight excluding hydrogens is 508 g/mol. The van der Waals surface area contributed by atoms with E-state index in [0.29, 0.717) is 12.0 Å². The van der Waals surface area contributed by atoms with E-state index in [1.165, 1.54) is 16.2 Å². The molecule has 1 atom stereocenters. The highest BCUT2D eigenvalue weighted by Gasteiger charge is 2.36. The Bertz CT molecular complexity index is 1450. The van der Waals surface area contributed by atoms with E-state index in [1.54, 1.807) is 12.3 Å². The van der Waals surface area contributed by atoms with Gasteiger partial charge in [-0.15, -0.1) is 11.3 Å². The van der Waals surface area contributed by atoms with E-state index < -0.39 is 23.4 Å². The summed E-state index contributed by atoms with van der Waals surface area (Å²) in [5.41, 5.74) is 12.1. The minimum absolute atomic E-state index is 0.0559. The van der Waals surface area contributed by atoms with Gasteiger partial charge in [-0.3, -0.25) is 19.4 Å². The summed E-state index contributed by atoms with van der Waals surface area (Å²) in [6.45, 7) is 5.99. The predicted molar refractivity (Wildman–Crippen MR) is 146 cm³/mol. The minimum Gasteiger partial charge on any atom is -0.395 e. The van der Waals surface area contributed by atoms with Crippen LogP contribution in [0.25, 0.3) is 10.9 Å². The second-order valence-electron chi connectivity index (χ2n) is 9.24. The first-order valence-electron chi connectivity index (χ1n) is 11.7. The largest absolute Gasteiger partial charge is 0.395 e. The molecule has 4 rings (SSSR count). The molecule has 0 unspecified atom stereocenters. The molecule has 0 aliphatic rings. The maximum absolute atomic E-state index is 14.0. The first-order valence-corrected chi connectivity index (χ1v) is 13.3. The number of nitrogens with zero attached hydrogens (tertiary/aromatic N) is 3. The van der Waals surface area contributed by atoms with Gasteiger partial charge in [0.15, 0.2) is 5.69 Å². The average Bonchev–Trinajstić information content (AvgIpc) is 3.52. The maximum atomic E-state index is 14.0. The zero-order valence-corrected chi connectivity index (χ0v) is 22.4. The van der Waals surface area contributed by atoms with Crippen LogP contribution in [0.4, 0.5) is 5.69 Å². The van der Waals surface area contributed by atoms with E-state index in [4.69, 9.17) is 11.5 Å². The zero-order chi connectivity index (χ0) is 26.7. The van der Waals surface area contributed by atoms with Crippen LogP contribution in [-0.2, 0) is 11.3 Å². The third-order valence-corrected chi connectivity index (χ3v) is 7.88. The van der Waals surface area contributed by atoms with Crippen molar-refractivity contribution in [1.82, 2.24) is 19.6 Å². The van der Waals surface area contributed by atoms with Gasteiger partial charge in [0.1, 0.15) is 10.9 Å². The summed E-state index contributed by atoms with van der Waals surface area (Å²) in [7, 11) is 0. The Morgan fingerprint density at radius 1 is 1.16 bits per heavy atom.